The summed E-state index contributed by atoms with van der Waals surface area (Å²) in [7, 11) is 6.16. The minimum atomic E-state index is 0.563. The highest BCUT2D eigenvalue weighted by molar-refractivity contribution is 4.86. The van der Waals surface area contributed by atoms with Crippen LogP contribution in [0.15, 0.2) is 0 Å². The van der Waals surface area contributed by atoms with E-state index in [1.165, 1.54) is 38.9 Å². The molecule has 1 fully saturated rings. The third kappa shape index (κ3) is 6.17. The molecule has 0 atom stereocenters. The van der Waals surface area contributed by atoms with Gasteiger partial charge in [0.2, 0.25) is 0 Å². The van der Waals surface area contributed by atoms with Crippen molar-refractivity contribution in [2.45, 2.75) is 40.0 Å². The molecule has 1 aliphatic heterocycles. The van der Waals surface area contributed by atoms with Gasteiger partial charge in [-0.25, -0.2) is 0 Å². The van der Waals surface area contributed by atoms with E-state index in [4.69, 9.17) is 4.74 Å². The van der Waals surface area contributed by atoms with Gasteiger partial charge in [-0.05, 0) is 51.9 Å². The highest BCUT2D eigenvalue weighted by Gasteiger charge is 2.32. The number of methoxy groups -OCH3 is 1. The predicted octanol–water partition coefficient (Wildman–Crippen LogP) is 2.71. The van der Waals surface area contributed by atoms with Gasteiger partial charge in [0, 0.05) is 20.2 Å². The lowest BCUT2D eigenvalue weighted by Crippen LogP contribution is -2.45. The largest absolute Gasteiger partial charge is 0.383 e. The summed E-state index contributed by atoms with van der Waals surface area (Å²) in [6, 6.07) is 0. The molecule has 0 aliphatic carbocycles. The average molecular weight is 258 g/mol. The van der Waals surface area contributed by atoms with E-state index < -0.39 is 0 Å². The number of hydrogen-bond donors (Lipinski definition) is 0. The van der Waals surface area contributed by atoms with Crippen molar-refractivity contribution in [3.05, 3.63) is 0 Å². The summed E-state index contributed by atoms with van der Waals surface area (Å²) < 4.78 is 5.14. The van der Waals surface area contributed by atoms with Crippen molar-refractivity contribution in [1.29, 1.82) is 0 Å². The zero-order valence-corrected chi connectivity index (χ0v) is 13.5. The van der Waals surface area contributed by atoms with Crippen molar-refractivity contribution in [1.82, 2.24) is 9.80 Å². The summed E-state index contributed by atoms with van der Waals surface area (Å²) in [6.07, 6.45) is 3.99. The molecular weight excluding hydrogens is 224 g/mol. The normalized spacial score (nSPS) is 19.5. The Hall–Kier alpha value is -0.120. The summed E-state index contributed by atoms with van der Waals surface area (Å²) >= 11 is 0. The second kappa shape index (κ2) is 9.76. The Morgan fingerprint density at radius 1 is 1.17 bits per heavy atom. The zero-order chi connectivity index (χ0) is 14.0. The molecule has 0 N–H and O–H groups in total. The number of rotatable bonds is 6. The molecule has 3 heteroatoms. The molecule has 0 aromatic rings. The lowest BCUT2D eigenvalue weighted by Gasteiger charge is -2.43. The van der Waals surface area contributed by atoms with Gasteiger partial charge in [0.05, 0.1) is 6.61 Å². The molecule has 3 nitrogen and oxygen atoms in total. The minimum Gasteiger partial charge on any atom is -0.383 e. The van der Waals surface area contributed by atoms with Gasteiger partial charge >= 0.3 is 0 Å². The molecule has 0 aromatic carbocycles. The van der Waals surface area contributed by atoms with E-state index in [2.05, 4.69) is 30.8 Å². The maximum Gasteiger partial charge on any atom is 0.0589 e. The second-order valence-electron chi connectivity index (χ2n) is 5.43. The number of nitrogens with zero attached hydrogens (tertiary/aromatic N) is 2. The fourth-order valence-electron chi connectivity index (χ4n) is 2.77. The van der Waals surface area contributed by atoms with Crippen LogP contribution in [0.2, 0.25) is 0 Å². The first-order chi connectivity index (χ1) is 8.62. The van der Waals surface area contributed by atoms with Crippen LogP contribution >= 0.6 is 0 Å². The first-order valence-electron chi connectivity index (χ1n) is 7.48. The summed E-state index contributed by atoms with van der Waals surface area (Å²) in [5.41, 5.74) is 0.563. The monoisotopic (exact) mass is 258 g/mol. The Morgan fingerprint density at radius 3 is 2.11 bits per heavy atom. The van der Waals surface area contributed by atoms with Crippen molar-refractivity contribution in [2.24, 2.45) is 5.41 Å². The molecular formula is C15H34N2O. The molecule has 0 unspecified atom stereocenters. The number of ether oxygens (including phenoxy) is 1. The smallest absolute Gasteiger partial charge is 0.0589 e. The van der Waals surface area contributed by atoms with Crippen molar-refractivity contribution >= 4 is 0 Å². The third-order valence-electron chi connectivity index (χ3n) is 3.93. The van der Waals surface area contributed by atoms with Crippen molar-refractivity contribution in [3.8, 4) is 0 Å². The highest BCUT2D eigenvalue weighted by Crippen LogP contribution is 2.35. The van der Waals surface area contributed by atoms with Crippen LogP contribution in [0.4, 0.5) is 0 Å². The Labute approximate surface area is 114 Å². The molecule has 1 heterocycles. The number of hydrogen-bond acceptors (Lipinski definition) is 3. The van der Waals surface area contributed by atoms with Crippen LogP contribution in [-0.2, 0) is 4.74 Å². The fourth-order valence-corrected chi connectivity index (χ4v) is 2.77. The number of likely N-dealkylation sites (tertiary alicyclic amines) is 1. The van der Waals surface area contributed by atoms with E-state index in [1.54, 1.807) is 7.11 Å². The van der Waals surface area contributed by atoms with E-state index in [9.17, 15) is 0 Å². The van der Waals surface area contributed by atoms with Crippen LogP contribution in [0.25, 0.3) is 0 Å². The van der Waals surface area contributed by atoms with Crippen LogP contribution in [0, 0.1) is 5.41 Å². The van der Waals surface area contributed by atoms with Crippen LogP contribution in [-0.4, -0.2) is 63.8 Å². The predicted molar refractivity (Wildman–Crippen MR) is 80.2 cm³/mol. The molecule has 18 heavy (non-hydrogen) atoms. The molecule has 1 aliphatic rings. The van der Waals surface area contributed by atoms with E-state index in [-0.39, 0.29) is 0 Å². The fraction of sp³-hybridized carbons (Fsp3) is 1.00. The second-order valence-corrected chi connectivity index (χ2v) is 5.43. The quantitative estimate of drug-likeness (QED) is 0.728. The summed E-state index contributed by atoms with van der Waals surface area (Å²) in [6.45, 7) is 12.0. The van der Waals surface area contributed by atoms with Gasteiger partial charge in [0.15, 0.2) is 0 Å². The van der Waals surface area contributed by atoms with Gasteiger partial charge in [-0.15, -0.1) is 0 Å². The van der Waals surface area contributed by atoms with E-state index in [0.717, 1.165) is 13.2 Å². The maximum atomic E-state index is 5.14. The molecule has 0 aromatic heterocycles. The standard InChI is InChI=1S/C13H28N2O.C2H6/c1-5-13(12-14(2)3)6-8-15(9-7-13)10-11-16-4;1-2/h5-12H2,1-4H3;1-2H3. The van der Waals surface area contributed by atoms with E-state index >= 15 is 0 Å². The zero-order valence-electron chi connectivity index (χ0n) is 13.5. The van der Waals surface area contributed by atoms with Crippen molar-refractivity contribution in [3.63, 3.8) is 0 Å². The van der Waals surface area contributed by atoms with E-state index in [0.29, 0.717) is 5.41 Å². The van der Waals surface area contributed by atoms with Crippen molar-refractivity contribution in [2.75, 3.05) is 54.0 Å². The molecule has 1 rings (SSSR count). The maximum absolute atomic E-state index is 5.14. The summed E-state index contributed by atoms with van der Waals surface area (Å²) in [4.78, 5) is 4.88. The Bertz CT molecular complexity index is 187. The first-order valence-corrected chi connectivity index (χ1v) is 7.48. The van der Waals surface area contributed by atoms with Crippen LogP contribution in [0.3, 0.4) is 0 Å². The molecule has 0 saturated carbocycles. The molecule has 0 bridgehead atoms. The first kappa shape index (κ1) is 17.9. The lowest BCUT2D eigenvalue weighted by atomic mass is 9.76. The Balaban J connectivity index is 0.00000137. The number of piperidine rings is 1. The van der Waals surface area contributed by atoms with Crippen LogP contribution in [0.1, 0.15) is 40.0 Å². The SMILES string of the molecule is CC.CCC1(CN(C)C)CCN(CCOC)CC1. The van der Waals surface area contributed by atoms with Crippen molar-refractivity contribution < 1.29 is 4.74 Å². The molecule has 1 saturated heterocycles. The van der Waals surface area contributed by atoms with Gasteiger partial charge in [-0.3, -0.25) is 0 Å². The topological polar surface area (TPSA) is 15.7 Å². The molecule has 110 valence electrons. The highest BCUT2D eigenvalue weighted by atomic mass is 16.5. The molecule has 0 amide bonds. The van der Waals surface area contributed by atoms with Gasteiger partial charge in [-0.1, -0.05) is 20.8 Å². The average Bonchev–Trinajstić information content (AvgIpc) is 2.40. The van der Waals surface area contributed by atoms with Gasteiger partial charge in [0.25, 0.3) is 0 Å². The van der Waals surface area contributed by atoms with E-state index in [1.807, 2.05) is 13.8 Å². The Morgan fingerprint density at radius 2 is 1.72 bits per heavy atom. The molecule has 0 radical (unpaired) electrons. The van der Waals surface area contributed by atoms with Crippen LogP contribution < -0.4 is 0 Å². The third-order valence-corrected chi connectivity index (χ3v) is 3.93. The van der Waals surface area contributed by atoms with Gasteiger partial charge in [-0.2, -0.15) is 0 Å². The summed E-state index contributed by atoms with van der Waals surface area (Å²) in [5.74, 6) is 0. The van der Waals surface area contributed by atoms with Gasteiger partial charge < -0.3 is 14.5 Å². The Kier molecular flexibility index (Phi) is 9.70. The molecule has 0 spiro atoms. The summed E-state index contributed by atoms with van der Waals surface area (Å²) in [5, 5.41) is 0. The van der Waals surface area contributed by atoms with Crippen LogP contribution in [0.5, 0.6) is 0 Å². The lowest BCUT2D eigenvalue weighted by molar-refractivity contribution is 0.0574. The minimum absolute atomic E-state index is 0.563. The van der Waals surface area contributed by atoms with Gasteiger partial charge in [0.1, 0.15) is 0 Å².